The predicted molar refractivity (Wildman–Crippen MR) is 116 cm³/mol. The van der Waals surface area contributed by atoms with Crippen LogP contribution in [0, 0.1) is 11.3 Å². The highest BCUT2D eigenvalue weighted by molar-refractivity contribution is 7.92. The third kappa shape index (κ3) is 4.52. The Morgan fingerprint density at radius 1 is 0.903 bits per heavy atom. The monoisotopic (exact) mass is 428 g/mol. The number of nitrogens with one attached hydrogen (secondary N) is 1. The number of hydrogen-bond donors (Lipinski definition) is 1. The summed E-state index contributed by atoms with van der Waals surface area (Å²) >= 11 is 0. The average Bonchev–Trinajstić information content (AvgIpc) is 2.80. The molecule has 0 saturated heterocycles. The molecule has 0 aliphatic heterocycles. The topological polar surface area (TPSA) is 105 Å². The van der Waals surface area contributed by atoms with E-state index in [2.05, 4.69) is 14.7 Å². The van der Waals surface area contributed by atoms with Crippen LogP contribution in [0.25, 0.3) is 11.1 Å². The highest BCUT2D eigenvalue weighted by Crippen LogP contribution is 2.35. The van der Waals surface area contributed by atoms with Gasteiger partial charge in [0, 0.05) is 11.8 Å². The Bertz CT molecular complexity index is 1350. The molecule has 152 valence electrons. The summed E-state index contributed by atoms with van der Waals surface area (Å²) in [5.41, 5.74) is 1.91. The summed E-state index contributed by atoms with van der Waals surface area (Å²) in [6.45, 7) is 0. The normalized spacial score (nSPS) is 10.8. The minimum absolute atomic E-state index is 0.0774. The predicted octanol–water partition coefficient (Wildman–Crippen LogP) is 4.61. The van der Waals surface area contributed by atoms with E-state index in [0.717, 1.165) is 11.1 Å². The van der Waals surface area contributed by atoms with Gasteiger partial charge in [0.15, 0.2) is 0 Å². The summed E-state index contributed by atoms with van der Waals surface area (Å²) in [6, 6.07) is 24.7. The number of aromatic nitrogens is 2. The highest BCUT2D eigenvalue weighted by atomic mass is 32.2. The number of hydrogen-bond acceptors (Lipinski definition) is 6. The van der Waals surface area contributed by atoms with E-state index in [4.69, 9.17) is 4.74 Å². The van der Waals surface area contributed by atoms with Crippen molar-refractivity contribution in [1.29, 1.82) is 5.26 Å². The van der Waals surface area contributed by atoms with Crippen molar-refractivity contribution < 1.29 is 13.2 Å². The molecule has 0 atom stereocenters. The number of ether oxygens (including phenoxy) is 1. The lowest BCUT2D eigenvalue weighted by atomic mass is 10.0. The summed E-state index contributed by atoms with van der Waals surface area (Å²) in [7, 11) is -3.93. The highest BCUT2D eigenvalue weighted by Gasteiger charge is 2.18. The van der Waals surface area contributed by atoms with Gasteiger partial charge >= 0.3 is 0 Å². The first kappa shape index (κ1) is 20.1. The fourth-order valence-electron chi connectivity index (χ4n) is 2.93. The minimum Gasteiger partial charge on any atom is -0.455 e. The second-order valence-corrected chi connectivity index (χ2v) is 8.12. The van der Waals surface area contributed by atoms with Crippen molar-refractivity contribution in [2.45, 2.75) is 4.90 Å². The molecule has 8 heteroatoms. The van der Waals surface area contributed by atoms with E-state index < -0.39 is 10.0 Å². The van der Waals surface area contributed by atoms with Gasteiger partial charge in [-0.3, -0.25) is 4.72 Å². The molecule has 0 aliphatic rings. The third-order valence-corrected chi connectivity index (χ3v) is 5.75. The number of para-hydroxylation sites is 1. The molecule has 3 aromatic carbocycles. The maximum Gasteiger partial charge on any atom is 0.263 e. The summed E-state index contributed by atoms with van der Waals surface area (Å²) in [6.07, 6.45) is 2.66. The van der Waals surface area contributed by atoms with E-state index in [1.807, 2.05) is 54.6 Å². The average molecular weight is 428 g/mol. The standard InChI is InChI=1S/C23H16N4O3S/c24-15-18-14-19(31(28,29)27-23-12-13-25-16-26-23)10-11-21(18)30-22-9-5-4-8-20(22)17-6-2-1-3-7-17/h1-14,16H,(H,25,26,27). The zero-order chi connectivity index (χ0) is 21.7. The van der Waals surface area contributed by atoms with Crippen LogP contribution >= 0.6 is 0 Å². The van der Waals surface area contributed by atoms with E-state index in [9.17, 15) is 13.7 Å². The largest absolute Gasteiger partial charge is 0.455 e. The lowest BCUT2D eigenvalue weighted by Gasteiger charge is -2.13. The van der Waals surface area contributed by atoms with Crippen LogP contribution < -0.4 is 9.46 Å². The Kier molecular flexibility index (Phi) is 5.60. The Morgan fingerprint density at radius 3 is 2.42 bits per heavy atom. The fourth-order valence-corrected chi connectivity index (χ4v) is 3.96. The van der Waals surface area contributed by atoms with Gasteiger partial charge in [0.1, 0.15) is 29.7 Å². The van der Waals surface area contributed by atoms with Crippen LogP contribution in [-0.2, 0) is 10.0 Å². The molecule has 0 aliphatic carbocycles. The van der Waals surface area contributed by atoms with Crippen molar-refractivity contribution >= 4 is 15.8 Å². The van der Waals surface area contributed by atoms with Gasteiger partial charge in [-0.2, -0.15) is 5.26 Å². The maximum atomic E-state index is 12.7. The zero-order valence-corrected chi connectivity index (χ0v) is 17.0. The van der Waals surface area contributed by atoms with E-state index in [-0.39, 0.29) is 22.0 Å². The first-order valence-electron chi connectivity index (χ1n) is 9.22. The molecule has 4 aromatic rings. The Labute approximate surface area is 179 Å². The first-order valence-corrected chi connectivity index (χ1v) is 10.7. The van der Waals surface area contributed by atoms with Crippen molar-refractivity contribution in [3.63, 3.8) is 0 Å². The molecule has 0 spiro atoms. The summed E-state index contributed by atoms with van der Waals surface area (Å²) in [5, 5.41) is 9.60. The fraction of sp³-hybridized carbons (Fsp3) is 0. The van der Waals surface area contributed by atoms with Gasteiger partial charge in [-0.05, 0) is 35.9 Å². The van der Waals surface area contributed by atoms with Crippen LogP contribution in [-0.4, -0.2) is 18.4 Å². The molecule has 4 rings (SSSR count). The molecule has 1 heterocycles. The van der Waals surface area contributed by atoms with Gasteiger partial charge in [0.2, 0.25) is 0 Å². The van der Waals surface area contributed by atoms with Crippen LogP contribution in [0.15, 0.2) is 96.3 Å². The number of nitrogens with zero attached hydrogens (tertiary/aromatic N) is 3. The van der Waals surface area contributed by atoms with Crippen LogP contribution in [0.4, 0.5) is 5.82 Å². The van der Waals surface area contributed by atoms with Crippen LogP contribution in [0.1, 0.15) is 5.56 Å². The Balaban J connectivity index is 1.66. The first-order chi connectivity index (χ1) is 15.1. The molecule has 1 N–H and O–H groups in total. The molecular formula is C23H16N4O3S. The summed E-state index contributed by atoms with van der Waals surface area (Å²) < 4.78 is 33.7. The molecule has 0 saturated carbocycles. The molecule has 1 aromatic heterocycles. The molecule has 7 nitrogen and oxygen atoms in total. The smallest absolute Gasteiger partial charge is 0.263 e. The number of anilines is 1. The van der Waals surface area contributed by atoms with Crippen LogP contribution in [0.5, 0.6) is 11.5 Å². The van der Waals surface area contributed by atoms with Gasteiger partial charge in [-0.15, -0.1) is 0 Å². The summed E-state index contributed by atoms with van der Waals surface area (Å²) in [5.74, 6) is 0.942. The van der Waals surface area contributed by atoms with Crippen molar-refractivity contribution in [3.8, 4) is 28.7 Å². The second kappa shape index (κ2) is 8.65. The van der Waals surface area contributed by atoms with Gasteiger partial charge in [-0.25, -0.2) is 18.4 Å². The summed E-state index contributed by atoms with van der Waals surface area (Å²) in [4.78, 5) is 7.53. The van der Waals surface area contributed by atoms with E-state index >= 15 is 0 Å². The second-order valence-electron chi connectivity index (χ2n) is 6.43. The lowest BCUT2D eigenvalue weighted by Crippen LogP contribution is -2.14. The maximum absolute atomic E-state index is 12.7. The van der Waals surface area contributed by atoms with Gasteiger partial charge in [0.05, 0.1) is 10.5 Å². The lowest BCUT2D eigenvalue weighted by molar-refractivity contribution is 0.482. The number of sulfonamides is 1. The van der Waals surface area contributed by atoms with Crippen LogP contribution in [0.3, 0.4) is 0 Å². The molecule has 0 amide bonds. The zero-order valence-electron chi connectivity index (χ0n) is 16.1. The van der Waals surface area contributed by atoms with E-state index in [1.165, 1.54) is 36.8 Å². The Hall–Kier alpha value is -4.22. The van der Waals surface area contributed by atoms with Gasteiger partial charge < -0.3 is 4.74 Å². The molecule has 0 unspecified atom stereocenters. The van der Waals surface area contributed by atoms with Crippen LogP contribution in [0.2, 0.25) is 0 Å². The molecule has 31 heavy (non-hydrogen) atoms. The Morgan fingerprint density at radius 2 is 1.68 bits per heavy atom. The van der Waals surface area contributed by atoms with Crippen molar-refractivity contribution in [1.82, 2.24) is 9.97 Å². The van der Waals surface area contributed by atoms with Crippen molar-refractivity contribution in [2.75, 3.05) is 4.72 Å². The molecule has 0 bridgehead atoms. The quantitative estimate of drug-likeness (QED) is 0.481. The van der Waals surface area contributed by atoms with Gasteiger partial charge in [0.25, 0.3) is 10.0 Å². The molecule has 0 radical (unpaired) electrons. The SMILES string of the molecule is N#Cc1cc(S(=O)(=O)Nc2ccncn2)ccc1Oc1ccccc1-c1ccccc1. The van der Waals surface area contributed by atoms with Crippen molar-refractivity contribution in [3.05, 3.63) is 97.0 Å². The molecule has 0 fully saturated rings. The third-order valence-electron chi connectivity index (χ3n) is 4.39. The molecular weight excluding hydrogens is 412 g/mol. The number of nitriles is 1. The van der Waals surface area contributed by atoms with E-state index in [1.54, 1.807) is 6.07 Å². The minimum atomic E-state index is -3.93. The van der Waals surface area contributed by atoms with E-state index in [0.29, 0.717) is 5.75 Å². The number of benzene rings is 3. The van der Waals surface area contributed by atoms with Gasteiger partial charge in [-0.1, -0.05) is 48.5 Å². The number of rotatable bonds is 6. The van der Waals surface area contributed by atoms with Crippen molar-refractivity contribution in [2.24, 2.45) is 0 Å².